The van der Waals surface area contributed by atoms with Gasteiger partial charge in [0.1, 0.15) is 4.88 Å². The maximum Gasteiger partial charge on any atom is 0.351 e. The van der Waals surface area contributed by atoms with E-state index in [9.17, 15) is 14.0 Å². The Labute approximate surface area is 199 Å². The molecule has 0 spiro atoms. The molecule has 3 aromatic rings. The van der Waals surface area contributed by atoms with Gasteiger partial charge in [-0.1, -0.05) is 49.2 Å². The van der Waals surface area contributed by atoms with Crippen molar-refractivity contribution in [1.29, 1.82) is 0 Å². The summed E-state index contributed by atoms with van der Waals surface area (Å²) < 4.78 is 21.9. The van der Waals surface area contributed by atoms with Gasteiger partial charge in [-0.15, -0.1) is 22.7 Å². The van der Waals surface area contributed by atoms with E-state index >= 15 is 0 Å². The molecule has 0 saturated heterocycles. The predicted octanol–water partition coefficient (Wildman–Crippen LogP) is 8.02. The normalized spacial score (nSPS) is 11.4. The van der Waals surface area contributed by atoms with E-state index in [1.807, 2.05) is 36.4 Å². The highest BCUT2D eigenvalue weighted by Gasteiger charge is 2.24. The molecular formula is C22H19Br2FO3S2. The van der Waals surface area contributed by atoms with Crippen molar-refractivity contribution in [2.45, 2.75) is 32.1 Å². The lowest BCUT2D eigenvalue weighted by Gasteiger charge is -2.03. The van der Waals surface area contributed by atoms with Crippen molar-refractivity contribution in [3.63, 3.8) is 0 Å². The second-order valence-corrected chi connectivity index (χ2v) is 11.3. The number of rotatable bonds is 10. The van der Waals surface area contributed by atoms with Crippen molar-refractivity contribution in [2.24, 2.45) is 0 Å². The molecule has 3 rings (SSSR count). The summed E-state index contributed by atoms with van der Waals surface area (Å²) in [5, 5.41) is 0.426. The maximum atomic E-state index is 14.5. The highest BCUT2D eigenvalue weighted by molar-refractivity contribution is 9.12. The number of hydrogen-bond acceptors (Lipinski definition) is 5. The number of thiophene rings is 2. The number of carbonyl (C=O) groups excluding carboxylic acids is 2. The molecule has 2 aromatic heterocycles. The van der Waals surface area contributed by atoms with Crippen LogP contribution in [-0.2, 0) is 9.53 Å². The van der Waals surface area contributed by atoms with Crippen LogP contribution in [0.5, 0.6) is 0 Å². The van der Waals surface area contributed by atoms with Crippen molar-refractivity contribution in [3.05, 3.63) is 60.2 Å². The average Bonchev–Trinajstić information content (AvgIpc) is 3.23. The summed E-state index contributed by atoms with van der Waals surface area (Å²) in [6.45, 7) is 0.243. The fourth-order valence-corrected chi connectivity index (χ4v) is 7.29. The summed E-state index contributed by atoms with van der Waals surface area (Å²) in [5.41, 5.74) is 1.01. The molecule has 0 unspecified atom stereocenters. The van der Waals surface area contributed by atoms with Gasteiger partial charge in [0.05, 0.1) is 24.3 Å². The fourth-order valence-electron chi connectivity index (χ4n) is 2.85. The zero-order valence-electron chi connectivity index (χ0n) is 16.0. The molecule has 0 aliphatic heterocycles. The van der Waals surface area contributed by atoms with Gasteiger partial charge in [0.25, 0.3) is 0 Å². The molecule has 2 heterocycles. The standard InChI is InChI=1S/C22H19Br2FO3S2/c23-20-16-17(25)19(29-18(16)21(24)30-20)22(27)28-13-7-2-1-6-10-15(26)12-11-14-8-4-3-5-9-14/h3-5,8-9,11-12H,1-2,6-7,10,13H2. The third kappa shape index (κ3) is 6.09. The summed E-state index contributed by atoms with van der Waals surface area (Å²) in [6.07, 6.45) is 7.16. The molecule has 0 saturated carbocycles. The minimum Gasteiger partial charge on any atom is -0.461 e. The minimum absolute atomic E-state index is 0.00463. The summed E-state index contributed by atoms with van der Waals surface area (Å²) >= 11 is 9.19. The first-order valence-corrected chi connectivity index (χ1v) is 12.7. The number of halogens is 3. The Morgan fingerprint density at radius 3 is 2.47 bits per heavy atom. The number of ether oxygens (including phenoxy) is 1. The number of allylic oxidation sites excluding steroid dienone is 1. The minimum atomic E-state index is -0.626. The van der Waals surface area contributed by atoms with Crippen LogP contribution in [0.2, 0.25) is 0 Å². The molecule has 1 aromatic carbocycles. The fraction of sp³-hybridized carbons (Fsp3) is 0.273. The molecule has 3 nitrogen and oxygen atoms in total. The van der Waals surface area contributed by atoms with Crippen LogP contribution >= 0.6 is 54.5 Å². The number of ketones is 1. The molecule has 30 heavy (non-hydrogen) atoms. The van der Waals surface area contributed by atoms with Crippen molar-refractivity contribution in [1.82, 2.24) is 0 Å². The van der Waals surface area contributed by atoms with Gasteiger partial charge >= 0.3 is 5.97 Å². The first-order valence-electron chi connectivity index (χ1n) is 9.46. The van der Waals surface area contributed by atoms with Crippen LogP contribution < -0.4 is 0 Å². The van der Waals surface area contributed by atoms with Crippen LogP contribution in [0.1, 0.15) is 47.3 Å². The lowest BCUT2D eigenvalue weighted by Crippen LogP contribution is -2.06. The Morgan fingerprint density at radius 1 is 1.00 bits per heavy atom. The van der Waals surface area contributed by atoms with Gasteiger partial charge in [-0.2, -0.15) is 0 Å². The molecule has 158 valence electrons. The molecule has 0 bridgehead atoms. The van der Waals surface area contributed by atoms with Gasteiger partial charge in [-0.3, -0.25) is 4.79 Å². The Bertz CT molecular complexity index is 1060. The van der Waals surface area contributed by atoms with Crippen molar-refractivity contribution in [2.75, 3.05) is 6.61 Å². The molecule has 0 aliphatic rings. The van der Waals surface area contributed by atoms with Gasteiger partial charge in [0, 0.05) is 6.42 Å². The first-order chi connectivity index (χ1) is 14.5. The maximum absolute atomic E-state index is 14.5. The van der Waals surface area contributed by atoms with E-state index in [-0.39, 0.29) is 17.3 Å². The van der Waals surface area contributed by atoms with Gasteiger partial charge in [0.15, 0.2) is 11.6 Å². The van der Waals surface area contributed by atoms with Crippen LogP contribution in [0, 0.1) is 5.82 Å². The first kappa shape index (κ1) is 23.3. The van der Waals surface area contributed by atoms with Crippen LogP contribution in [0.15, 0.2) is 44.0 Å². The van der Waals surface area contributed by atoms with Gasteiger partial charge in [-0.05, 0) is 56.3 Å². The molecule has 0 amide bonds. The second kappa shape index (κ2) is 11.3. The van der Waals surface area contributed by atoms with Crippen molar-refractivity contribution < 1.29 is 18.7 Å². The number of unbranched alkanes of at least 4 members (excludes halogenated alkanes) is 3. The summed E-state index contributed by atoms with van der Waals surface area (Å²) in [5.74, 6) is -1.05. The third-order valence-corrected chi connectivity index (χ3v) is 8.49. The number of hydrogen-bond donors (Lipinski definition) is 0. The van der Waals surface area contributed by atoms with E-state index in [1.165, 1.54) is 11.3 Å². The van der Waals surface area contributed by atoms with Gasteiger partial charge < -0.3 is 4.74 Å². The van der Waals surface area contributed by atoms with E-state index < -0.39 is 11.8 Å². The lowest BCUT2D eigenvalue weighted by atomic mass is 10.1. The number of fused-ring (bicyclic) bond motifs is 1. The Kier molecular flexibility index (Phi) is 8.80. The van der Waals surface area contributed by atoms with E-state index in [0.717, 1.165) is 39.9 Å². The predicted molar refractivity (Wildman–Crippen MR) is 129 cm³/mol. The summed E-state index contributed by atoms with van der Waals surface area (Å²) in [4.78, 5) is 24.1. The van der Waals surface area contributed by atoms with Crippen LogP contribution in [0.25, 0.3) is 16.2 Å². The van der Waals surface area contributed by atoms with E-state index in [2.05, 4.69) is 31.9 Å². The molecule has 0 radical (unpaired) electrons. The SMILES string of the molecule is O=C(C=Cc1ccccc1)CCCCCCOC(=O)c1sc2c(Br)sc(Br)c2c1F. The smallest absolute Gasteiger partial charge is 0.351 e. The quantitative estimate of drug-likeness (QED) is 0.140. The lowest BCUT2D eigenvalue weighted by molar-refractivity contribution is -0.114. The molecule has 0 fully saturated rings. The Morgan fingerprint density at radius 2 is 1.73 bits per heavy atom. The topological polar surface area (TPSA) is 43.4 Å². The summed E-state index contributed by atoms with van der Waals surface area (Å²) in [7, 11) is 0. The monoisotopic (exact) mass is 572 g/mol. The molecular weight excluding hydrogens is 555 g/mol. The van der Waals surface area contributed by atoms with E-state index in [0.29, 0.717) is 26.7 Å². The second-order valence-electron chi connectivity index (χ2n) is 6.61. The number of carbonyl (C=O) groups is 2. The largest absolute Gasteiger partial charge is 0.461 e. The van der Waals surface area contributed by atoms with Crippen molar-refractivity contribution in [3.8, 4) is 0 Å². The zero-order valence-corrected chi connectivity index (χ0v) is 20.8. The van der Waals surface area contributed by atoms with Crippen LogP contribution in [0.3, 0.4) is 0 Å². The third-order valence-electron chi connectivity index (χ3n) is 4.40. The number of esters is 1. The van der Waals surface area contributed by atoms with Crippen LogP contribution in [-0.4, -0.2) is 18.4 Å². The zero-order chi connectivity index (χ0) is 21.5. The molecule has 0 aliphatic carbocycles. The summed E-state index contributed by atoms with van der Waals surface area (Å²) in [6, 6.07) is 9.71. The molecule has 0 atom stereocenters. The number of benzene rings is 1. The van der Waals surface area contributed by atoms with E-state index in [1.54, 1.807) is 6.08 Å². The highest BCUT2D eigenvalue weighted by atomic mass is 79.9. The highest BCUT2D eigenvalue weighted by Crippen LogP contribution is 2.45. The Hall–Kier alpha value is -1.35. The van der Waals surface area contributed by atoms with Gasteiger partial charge in [-0.25, -0.2) is 9.18 Å². The molecule has 0 N–H and O–H groups in total. The molecule has 8 heteroatoms. The van der Waals surface area contributed by atoms with Gasteiger partial charge in [0.2, 0.25) is 0 Å². The average molecular weight is 574 g/mol. The Balaban J connectivity index is 1.33. The van der Waals surface area contributed by atoms with Crippen molar-refractivity contribution >= 4 is 82.4 Å². The van der Waals surface area contributed by atoms with Crippen LogP contribution in [0.4, 0.5) is 4.39 Å². The van der Waals surface area contributed by atoms with E-state index in [4.69, 9.17) is 4.74 Å².